The predicted molar refractivity (Wildman–Crippen MR) is 119 cm³/mol. The number of amides is 1. The van der Waals surface area contributed by atoms with Crippen molar-refractivity contribution < 1.29 is 9.53 Å². The van der Waals surface area contributed by atoms with Gasteiger partial charge >= 0.3 is 0 Å². The minimum atomic E-state index is -1.42. The number of methoxy groups -OCH3 is 1. The highest BCUT2D eigenvalue weighted by Crippen LogP contribution is 2.22. The fourth-order valence-corrected chi connectivity index (χ4v) is 3.00. The van der Waals surface area contributed by atoms with Crippen LogP contribution in [-0.2, 0) is 0 Å². The number of nitriles is 1. The molecule has 0 fully saturated rings. The Balaban J connectivity index is 1.96. The van der Waals surface area contributed by atoms with E-state index in [0.717, 1.165) is 0 Å². The number of ether oxygens (including phenoxy) is 1. The number of carbonyl (C=O) groups is 1. The molecule has 30 heavy (non-hydrogen) atoms. The van der Waals surface area contributed by atoms with Gasteiger partial charge in [-0.05, 0) is 30.3 Å². The standard InChI is InChI=1S/C18H16Cl4N6O2/c1-30-16-14(3-2-4-24-16)28-17(27-10-23)26-9-18(21,22)8-25-15(29)11-5-12(19)7-13(20)6-11/h2-7H,8-9H2,1H3,(H,25,29)(H2,26,27,28). The molecule has 2 aromatic rings. The molecule has 1 aromatic carbocycles. The summed E-state index contributed by atoms with van der Waals surface area (Å²) in [7, 11) is 1.46. The fraction of sp³-hybridized carbons (Fsp3) is 0.222. The van der Waals surface area contributed by atoms with E-state index in [1.165, 1.54) is 25.3 Å². The zero-order chi connectivity index (χ0) is 22.1. The Morgan fingerprint density at radius 2 is 1.90 bits per heavy atom. The van der Waals surface area contributed by atoms with Crippen LogP contribution in [-0.4, -0.2) is 41.4 Å². The van der Waals surface area contributed by atoms with E-state index in [0.29, 0.717) is 21.6 Å². The van der Waals surface area contributed by atoms with Gasteiger partial charge in [-0.25, -0.2) is 4.98 Å². The molecule has 1 amide bonds. The molecule has 2 rings (SSSR count). The Bertz CT molecular complexity index is 957. The molecule has 3 N–H and O–H groups in total. The van der Waals surface area contributed by atoms with Crippen molar-refractivity contribution in [1.82, 2.24) is 15.6 Å². The monoisotopic (exact) mass is 488 g/mol. The maximum atomic E-state index is 12.3. The number of hydrogen-bond donors (Lipinski definition) is 3. The lowest BCUT2D eigenvalue weighted by molar-refractivity contribution is 0.0952. The van der Waals surface area contributed by atoms with Gasteiger partial charge in [0.05, 0.1) is 20.2 Å². The number of benzene rings is 1. The molecule has 0 radical (unpaired) electrons. The van der Waals surface area contributed by atoms with Gasteiger partial charge < -0.3 is 20.7 Å². The molecule has 0 aliphatic carbocycles. The van der Waals surface area contributed by atoms with E-state index in [9.17, 15) is 4.79 Å². The van der Waals surface area contributed by atoms with E-state index in [-0.39, 0.29) is 24.6 Å². The summed E-state index contributed by atoms with van der Waals surface area (Å²) in [5.74, 6) is -0.0722. The van der Waals surface area contributed by atoms with Crippen molar-refractivity contribution in [3.8, 4) is 12.1 Å². The average Bonchev–Trinajstić information content (AvgIpc) is 2.70. The number of rotatable bonds is 7. The number of nitrogens with zero attached hydrogens (tertiary/aromatic N) is 3. The first-order valence-corrected chi connectivity index (χ1v) is 9.84. The van der Waals surface area contributed by atoms with Gasteiger partial charge in [0.1, 0.15) is 5.69 Å². The van der Waals surface area contributed by atoms with Gasteiger partial charge in [-0.2, -0.15) is 5.26 Å². The van der Waals surface area contributed by atoms with Gasteiger partial charge in [-0.15, -0.1) is 4.99 Å². The zero-order valence-electron chi connectivity index (χ0n) is 15.5. The molecule has 0 atom stereocenters. The van der Waals surface area contributed by atoms with E-state index in [1.54, 1.807) is 24.5 Å². The van der Waals surface area contributed by atoms with Gasteiger partial charge in [0.2, 0.25) is 18.0 Å². The number of nitrogens with one attached hydrogen (secondary N) is 3. The smallest absolute Gasteiger partial charge is 0.251 e. The first kappa shape index (κ1) is 23.8. The van der Waals surface area contributed by atoms with Crippen LogP contribution >= 0.6 is 46.4 Å². The summed E-state index contributed by atoms with van der Waals surface area (Å²) in [5.41, 5.74) is 0.740. The Kier molecular flexibility index (Phi) is 8.81. The highest BCUT2D eigenvalue weighted by molar-refractivity contribution is 6.49. The molecule has 1 heterocycles. The quantitative estimate of drug-likeness (QED) is 0.236. The summed E-state index contributed by atoms with van der Waals surface area (Å²) in [6.45, 7) is -0.162. The third-order valence-electron chi connectivity index (χ3n) is 3.53. The van der Waals surface area contributed by atoms with Crippen molar-refractivity contribution in [1.29, 1.82) is 5.26 Å². The largest absolute Gasteiger partial charge is 0.480 e. The molecule has 0 bridgehead atoms. The van der Waals surface area contributed by atoms with Gasteiger partial charge in [-0.3, -0.25) is 4.79 Å². The summed E-state index contributed by atoms with van der Waals surface area (Å²) in [6, 6.07) is 7.81. The number of aliphatic imine (C=N–C) groups is 1. The molecule has 8 nitrogen and oxygen atoms in total. The molecule has 1 aromatic heterocycles. The van der Waals surface area contributed by atoms with Crippen LogP contribution in [0.15, 0.2) is 41.5 Å². The second kappa shape index (κ2) is 11.1. The van der Waals surface area contributed by atoms with Gasteiger partial charge in [-0.1, -0.05) is 46.4 Å². The molecule has 158 valence electrons. The van der Waals surface area contributed by atoms with Crippen LogP contribution in [0.3, 0.4) is 0 Å². The van der Waals surface area contributed by atoms with Crippen LogP contribution < -0.4 is 20.7 Å². The summed E-state index contributed by atoms with van der Waals surface area (Å²) >= 11 is 24.3. The first-order valence-electron chi connectivity index (χ1n) is 8.33. The number of guanidine groups is 1. The number of halogens is 4. The zero-order valence-corrected chi connectivity index (χ0v) is 18.6. The van der Waals surface area contributed by atoms with E-state index < -0.39 is 10.2 Å². The van der Waals surface area contributed by atoms with Crippen molar-refractivity contribution in [2.45, 2.75) is 4.33 Å². The number of alkyl halides is 2. The van der Waals surface area contributed by atoms with Crippen LogP contribution in [0.4, 0.5) is 5.69 Å². The van der Waals surface area contributed by atoms with Crippen molar-refractivity contribution in [2.75, 3.05) is 25.5 Å². The Morgan fingerprint density at radius 3 is 2.53 bits per heavy atom. The summed E-state index contributed by atoms with van der Waals surface area (Å²) < 4.78 is 3.71. The highest BCUT2D eigenvalue weighted by Gasteiger charge is 2.26. The van der Waals surface area contributed by atoms with Crippen molar-refractivity contribution in [2.24, 2.45) is 4.99 Å². The molecular formula is C18H16Cl4N6O2. The van der Waals surface area contributed by atoms with Gasteiger partial charge in [0, 0.05) is 21.8 Å². The van der Waals surface area contributed by atoms with Crippen molar-refractivity contribution in [3.63, 3.8) is 0 Å². The Labute approximate surface area is 193 Å². The fourth-order valence-electron chi connectivity index (χ4n) is 2.21. The lowest BCUT2D eigenvalue weighted by Gasteiger charge is -2.22. The molecule has 12 heteroatoms. The number of hydrogen-bond acceptors (Lipinski definition) is 5. The van der Waals surface area contributed by atoms with E-state index >= 15 is 0 Å². The highest BCUT2D eigenvalue weighted by atomic mass is 35.5. The molecule has 0 spiro atoms. The van der Waals surface area contributed by atoms with Crippen molar-refractivity contribution in [3.05, 3.63) is 52.1 Å². The molecule has 0 saturated carbocycles. The molecule has 0 aliphatic rings. The molecule has 0 unspecified atom stereocenters. The van der Waals surface area contributed by atoms with E-state index in [2.05, 4.69) is 25.9 Å². The topological polar surface area (TPSA) is 111 Å². The van der Waals surface area contributed by atoms with E-state index in [4.69, 9.17) is 56.4 Å². The number of carbonyl (C=O) groups excluding carboxylic acids is 1. The minimum Gasteiger partial charge on any atom is -0.480 e. The predicted octanol–water partition coefficient (Wildman–Crippen LogP) is 3.84. The van der Waals surface area contributed by atoms with Crippen LogP contribution in [0.5, 0.6) is 5.88 Å². The summed E-state index contributed by atoms with van der Waals surface area (Å²) in [4.78, 5) is 20.0. The SMILES string of the molecule is COc1ncccc1NC(=NC#N)NCC(Cl)(Cl)CNC(=O)c1cc(Cl)cc(Cl)c1. The maximum absolute atomic E-state index is 12.3. The lowest BCUT2D eigenvalue weighted by atomic mass is 10.2. The third kappa shape index (κ3) is 7.43. The second-order valence-electron chi connectivity index (χ2n) is 5.80. The number of pyridine rings is 1. The molecule has 0 saturated heterocycles. The minimum absolute atomic E-state index is 0.0528. The van der Waals surface area contributed by atoms with Crippen LogP contribution in [0.25, 0.3) is 0 Å². The molecule has 0 aliphatic heterocycles. The lowest BCUT2D eigenvalue weighted by Crippen LogP contribution is -2.45. The third-order valence-corrected chi connectivity index (χ3v) is 4.50. The number of aromatic nitrogens is 1. The average molecular weight is 490 g/mol. The Morgan fingerprint density at radius 1 is 1.23 bits per heavy atom. The second-order valence-corrected chi connectivity index (χ2v) is 8.31. The normalized spacial score (nSPS) is 11.4. The van der Waals surface area contributed by atoms with Crippen molar-refractivity contribution >= 4 is 64.0 Å². The Hall–Kier alpha value is -2.44. The molecular weight excluding hydrogens is 474 g/mol. The summed E-state index contributed by atoms with van der Waals surface area (Å²) in [6.07, 6.45) is 3.22. The maximum Gasteiger partial charge on any atom is 0.251 e. The van der Waals surface area contributed by atoms with E-state index in [1.807, 2.05) is 0 Å². The van der Waals surface area contributed by atoms with Gasteiger partial charge in [0.25, 0.3) is 5.91 Å². The van der Waals surface area contributed by atoms with Gasteiger partial charge in [0.15, 0.2) is 4.33 Å². The summed E-state index contributed by atoms with van der Waals surface area (Å²) in [5, 5.41) is 17.9. The van der Waals surface area contributed by atoms with Crippen LogP contribution in [0.1, 0.15) is 10.4 Å². The first-order chi connectivity index (χ1) is 14.2. The number of anilines is 1. The van der Waals surface area contributed by atoms with Crippen LogP contribution in [0.2, 0.25) is 10.0 Å². The van der Waals surface area contributed by atoms with Crippen LogP contribution in [0, 0.1) is 11.5 Å².